The van der Waals surface area contributed by atoms with Gasteiger partial charge in [-0.05, 0) is 54.0 Å². The zero-order chi connectivity index (χ0) is 14.0. The van der Waals surface area contributed by atoms with E-state index < -0.39 is 0 Å². The number of phenolic OH excluding ortho intramolecular Hbond substituents is 2. The smallest absolute Gasteiger partial charge is 0.115 e. The lowest BCUT2D eigenvalue weighted by Crippen LogP contribution is -2.33. The van der Waals surface area contributed by atoms with E-state index in [0.29, 0.717) is 11.5 Å². The molecule has 104 valence electrons. The molecule has 0 radical (unpaired) electrons. The Bertz CT molecular complexity index is 521. The lowest BCUT2D eigenvalue weighted by atomic mass is 9.72. The second kappa shape index (κ2) is 5.41. The molecule has 1 aliphatic heterocycles. The highest BCUT2D eigenvalue weighted by molar-refractivity contribution is 7.99. The van der Waals surface area contributed by atoms with Crippen molar-refractivity contribution in [3.05, 3.63) is 59.7 Å². The molecule has 2 N–H and O–H groups in total. The Labute approximate surface area is 123 Å². The first-order chi connectivity index (χ1) is 9.71. The van der Waals surface area contributed by atoms with Crippen LogP contribution < -0.4 is 0 Å². The molecule has 3 heteroatoms. The molecule has 0 saturated carbocycles. The van der Waals surface area contributed by atoms with E-state index >= 15 is 0 Å². The van der Waals surface area contributed by atoms with Crippen molar-refractivity contribution in [2.24, 2.45) is 0 Å². The summed E-state index contributed by atoms with van der Waals surface area (Å²) in [5.41, 5.74) is 2.48. The Kier molecular flexibility index (Phi) is 3.62. The average Bonchev–Trinajstić information content (AvgIpc) is 2.49. The van der Waals surface area contributed by atoms with E-state index in [1.54, 1.807) is 24.3 Å². The predicted molar refractivity (Wildman–Crippen MR) is 83.6 cm³/mol. The van der Waals surface area contributed by atoms with Crippen molar-refractivity contribution >= 4 is 11.8 Å². The molecular weight excluding hydrogens is 268 g/mol. The fourth-order valence-corrected chi connectivity index (χ4v) is 4.30. The molecule has 1 fully saturated rings. The number of thioether (sulfide) groups is 1. The second-order valence-corrected chi connectivity index (χ2v) is 6.44. The third kappa shape index (κ3) is 2.38. The molecule has 1 heterocycles. The average molecular weight is 286 g/mol. The predicted octanol–water partition coefficient (Wildman–Crippen LogP) is 3.91. The molecule has 1 saturated heterocycles. The van der Waals surface area contributed by atoms with Crippen molar-refractivity contribution in [2.75, 3.05) is 11.5 Å². The van der Waals surface area contributed by atoms with Gasteiger partial charge in [0.2, 0.25) is 0 Å². The van der Waals surface area contributed by atoms with Crippen molar-refractivity contribution in [1.29, 1.82) is 0 Å². The zero-order valence-corrected chi connectivity index (χ0v) is 12.1. The third-order valence-electron chi connectivity index (χ3n) is 4.08. The standard InChI is InChI=1S/C17H18O2S/c18-15-6-2-13(3-7-15)17(10-1-11-20-12-17)14-4-8-16(19)9-5-14/h2-9,18-19H,1,10-12H2. The monoisotopic (exact) mass is 286 g/mol. The highest BCUT2D eigenvalue weighted by Gasteiger charge is 2.36. The maximum absolute atomic E-state index is 9.51. The first-order valence-corrected chi connectivity index (χ1v) is 8.03. The Morgan fingerprint density at radius 3 is 1.70 bits per heavy atom. The van der Waals surface area contributed by atoms with Crippen molar-refractivity contribution in [1.82, 2.24) is 0 Å². The van der Waals surface area contributed by atoms with Gasteiger partial charge in [0.05, 0.1) is 0 Å². The molecule has 0 aliphatic carbocycles. The highest BCUT2D eigenvalue weighted by atomic mass is 32.2. The summed E-state index contributed by atoms with van der Waals surface area (Å²) < 4.78 is 0. The van der Waals surface area contributed by atoms with Crippen LogP contribution in [0.15, 0.2) is 48.5 Å². The number of rotatable bonds is 2. The summed E-state index contributed by atoms with van der Waals surface area (Å²) in [6, 6.07) is 15.1. The molecular formula is C17H18O2S. The van der Waals surface area contributed by atoms with Gasteiger partial charge in [-0.1, -0.05) is 24.3 Å². The van der Waals surface area contributed by atoms with Gasteiger partial charge >= 0.3 is 0 Å². The van der Waals surface area contributed by atoms with Crippen LogP contribution in [-0.4, -0.2) is 21.7 Å². The Morgan fingerprint density at radius 1 is 0.800 bits per heavy atom. The minimum Gasteiger partial charge on any atom is -0.508 e. The van der Waals surface area contributed by atoms with E-state index in [1.165, 1.54) is 23.3 Å². The van der Waals surface area contributed by atoms with Gasteiger partial charge in [-0.25, -0.2) is 0 Å². The van der Waals surface area contributed by atoms with Gasteiger partial charge in [0, 0.05) is 11.2 Å². The molecule has 3 rings (SSSR count). The molecule has 0 atom stereocenters. The fraction of sp³-hybridized carbons (Fsp3) is 0.294. The normalized spacial score (nSPS) is 17.8. The Hall–Kier alpha value is -1.61. The maximum atomic E-state index is 9.51. The first-order valence-electron chi connectivity index (χ1n) is 6.87. The van der Waals surface area contributed by atoms with Gasteiger partial charge in [-0.3, -0.25) is 0 Å². The highest BCUT2D eigenvalue weighted by Crippen LogP contribution is 2.43. The quantitative estimate of drug-likeness (QED) is 0.879. The van der Waals surface area contributed by atoms with Crippen LogP contribution in [0.1, 0.15) is 24.0 Å². The van der Waals surface area contributed by atoms with E-state index in [-0.39, 0.29) is 5.41 Å². The van der Waals surface area contributed by atoms with E-state index in [4.69, 9.17) is 0 Å². The number of benzene rings is 2. The van der Waals surface area contributed by atoms with Gasteiger partial charge in [-0.15, -0.1) is 0 Å². The largest absolute Gasteiger partial charge is 0.508 e. The van der Waals surface area contributed by atoms with Crippen LogP contribution in [0.2, 0.25) is 0 Å². The first kappa shape index (κ1) is 13.4. The van der Waals surface area contributed by atoms with Crippen LogP contribution in [-0.2, 0) is 5.41 Å². The summed E-state index contributed by atoms with van der Waals surface area (Å²) in [4.78, 5) is 0. The summed E-state index contributed by atoms with van der Waals surface area (Å²) in [6.07, 6.45) is 2.29. The maximum Gasteiger partial charge on any atom is 0.115 e. The van der Waals surface area contributed by atoms with E-state index in [2.05, 4.69) is 0 Å². The van der Waals surface area contributed by atoms with Gasteiger partial charge < -0.3 is 10.2 Å². The number of phenols is 2. The lowest BCUT2D eigenvalue weighted by Gasteiger charge is -2.38. The molecule has 2 aromatic rings. The fourth-order valence-electron chi connectivity index (χ4n) is 2.98. The minimum atomic E-state index is -0.00961. The Morgan fingerprint density at radius 2 is 1.30 bits per heavy atom. The number of aromatic hydroxyl groups is 2. The number of hydrogen-bond donors (Lipinski definition) is 2. The summed E-state index contributed by atoms with van der Waals surface area (Å²) in [7, 11) is 0. The summed E-state index contributed by atoms with van der Waals surface area (Å²) in [6.45, 7) is 0. The van der Waals surface area contributed by atoms with Gasteiger partial charge in [-0.2, -0.15) is 11.8 Å². The second-order valence-electron chi connectivity index (χ2n) is 5.33. The van der Waals surface area contributed by atoms with Crippen molar-refractivity contribution in [3.63, 3.8) is 0 Å². The van der Waals surface area contributed by atoms with Gasteiger partial charge in [0.25, 0.3) is 0 Å². The molecule has 0 bridgehead atoms. The van der Waals surface area contributed by atoms with Crippen molar-refractivity contribution < 1.29 is 10.2 Å². The van der Waals surface area contributed by atoms with Crippen LogP contribution in [0.3, 0.4) is 0 Å². The van der Waals surface area contributed by atoms with Gasteiger partial charge in [0.15, 0.2) is 0 Å². The van der Waals surface area contributed by atoms with Crippen LogP contribution in [0.5, 0.6) is 11.5 Å². The molecule has 0 amide bonds. The van der Waals surface area contributed by atoms with Gasteiger partial charge in [0.1, 0.15) is 11.5 Å². The Balaban J connectivity index is 2.08. The molecule has 20 heavy (non-hydrogen) atoms. The van der Waals surface area contributed by atoms with Crippen LogP contribution >= 0.6 is 11.8 Å². The molecule has 0 unspecified atom stereocenters. The summed E-state index contributed by atoms with van der Waals surface area (Å²) in [5, 5.41) is 19.0. The summed E-state index contributed by atoms with van der Waals surface area (Å²) >= 11 is 1.97. The minimum absolute atomic E-state index is 0.00961. The zero-order valence-electron chi connectivity index (χ0n) is 11.2. The van der Waals surface area contributed by atoms with E-state index in [9.17, 15) is 10.2 Å². The van der Waals surface area contributed by atoms with Crippen LogP contribution in [0, 0.1) is 0 Å². The van der Waals surface area contributed by atoms with E-state index in [0.717, 1.165) is 12.2 Å². The van der Waals surface area contributed by atoms with Crippen LogP contribution in [0.4, 0.5) is 0 Å². The van der Waals surface area contributed by atoms with E-state index in [1.807, 2.05) is 36.0 Å². The van der Waals surface area contributed by atoms with Crippen molar-refractivity contribution in [3.8, 4) is 11.5 Å². The molecule has 0 aromatic heterocycles. The molecule has 2 aromatic carbocycles. The number of hydrogen-bond acceptors (Lipinski definition) is 3. The SMILES string of the molecule is Oc1ccc(C2(c3ccc(O)cc3)CCCSC2)cc1. The topological polar surface area (TPSA) is 40.5 Å². The third-order valence-corrected chi connectivity index (χ3v) is 5.35. The van der Waals surface area contributed by atoms with Crippen molar-refractivity contribution in [2.45, 2.75) is 18.3 Å². The van der Waals surface area contributed by atoms with Crippen LogP contribution in [0.25, 0.3) is 0 Å². The molecule has 1 aliphatic rings. The molecule has 2 nitrogen and oxygen atoms in total. The summed E-state index contributed by atoms with van der Waals surface area (Å²) in [5.74, 6) is 2.86. The lowest BCUT2D eigenvalue weighted by molar-refractivity contribution is 0.470. The molecule has 0 spiro atoms.